The van der Waals surface area contributed by atoms with Gasteiger partial charge in [-0.2, -0.15) is 4.99 Å². The van der Waals surface area contributed by atoms with Gasteiger partial charge in [0.1, 0.15) is 0 Å². The molecule has 0 radical (unpaired) electrons. The predicted molar refractivity (Wildman–Crippen MR) is 67.6 cm³/mol. The summed E-state index contributed by atoms with van der Waals surface area (Å²) < 4.78 is 1.74. The molecule has 0 fully saturated rings. The second-order valence-corrected chi connectivity index (χ2v) is 4.27. The van der Waals surface area contributed by atoms with Crippen molar-refractivity contribution in [3.63, 3.8) is 0 Å². The van der Waals surface area contributed by atoms with Crippen LogP contribution in [0.5, 0.6) is 0 Å². The third kappa shape index (κ3) is 4.81. The molecule has 0 spiro atoms. The van der Waals surface area contributed by atoms with E-state index in [1.54, 1.807) is 4.68 Å². The third-order valence-corrected chi connectivity index (χ3v) is 2.67. The van der Waals surface area contributed by atoms with Crippen LogP contribution in [0.4, 0.5) is 0 Å². The molecule has 9 heteroatoms. The van der Waals surface area contributed by atoms with Crippen molar-refractivity contribution in [1.29, 1.82) is 5.41 Å². The van der Waals surface area contributed by atoms with Gasteiger partial charge in [0.2, 0.25) is 0 Å². The number of hydrogen-bond acceptors (Lipinski definition) is 5. The van der Waals surface area contributed by atoms with Crippen molar-refractivity contribution in [1.82, 2.24) is 20.2 Å². The van der Waals surface area contributed by atoms with Crippen molar-refractivity contribution in [3.05, 3.63) is 5.82 Å². The van der Waals surface area contributed by atoms with Crippen LogP contribution in [0.25, 0.3) is 0 Å². The van der Waals surface area contributed by atoms with Gasteiger partial charge in [-0.3, -0.25) is 5.41 Å². The predicted octanol–water partition coefficient (Wildman–Crippen LogP) is -0.0854. The molecule has 0 saturated heterocycles. The summed E-state index contributed by atoms with van der Waals surface area (Å²) in [4.78, 5) is 3.61. The molecule has 5 N–H and O–H groups in total. The molecule has 0 saturated carbocycles. The molecule has 0 atom stereocenters. The van der Waals surface area contributed by atoms with Gasteiger partial charge in [0, 0.05) is 6.54 Å². The van der Waals surface area contributed by atoms with Crippen LogP contribution in [-0.4, -0.2) is 31.3 Å². The highest BCUT2D eigenvalue weighted by molar-refractivity contribution is 8.13. The third-order valence-electron chi connectivity index (χ3n) is 1.90. The number of aromatic nitrogens is 4. The molecule has 0 aromatic carbocycles. The number of rotatable bonds is 5. The van der Waals surface area contributed by atoms with Crippen LogP contribution in [0.15, 0.2) is 4.99 Å². The van der Waals surface area contributed by atoms with Gasteiger partial charge in [-0.15, -0.1) is 5.10 Å². The van der Waals surface area contributed by atoms with E-state index in [0.717, 1.165) is 25.2 Å². The van der Waals surface area contributed by atoms with Gasteiger partial charge in [-0.25, -0.2) is 4.68 Å². The maximum atomic E-state index is 7.47. The second-order valence-electron chi connectivity index (χ2n) is 3.30. The van der Waals surface area contributed by atoms with Crippen LogP contribution in [0, 0.1) is 5.41 Å². The van der Waals surface area contributed by atoms with Gasteiger partial charge in [0.15, 0.2) is 17.0 Å². The van der Waals surface area contributed by atoms with E-state index >= 15 is 0 Å². The molecule has 0 bridgehead atoms. The number of nitrogens with zero attached hydrogens (tertiary/aromatic N) is 5. The van der Waals surface area contributed by atoms with Gasteiger partial charge in [-0.1, -0.05) is 25.1 Å². The molecule has 1 rings (SSSR count). The normalized spacial score (nSPS) is 10.2. The van der Waals surface area contributed by atoms with Crippen molar-refractivity contribution in [2.45, 2.75) is 32.1 Å². The van der Waals surface area contributed by atoms with E-state index in [4.69, 9.17) is 16.9 Å². The molecule has 1 heterocycles. The fourth-order valence-electron chi connectivity index (χ4n) is 1.09. The van der Waals surface area contributed by atoms with E-state index in [1.807, 2.05) is 0 Å². The average Bonchev–Trinajstić information content (AvgIpc) is 2.70. The minimum Gasteiger partial charge on any atom is -0.370 e. The van der Waals surface area contributed by atoms with Crippen LogP contribution in [-0.2, 0) is 12.3 Å². The maximum absolute atomic E-state index is 7.47. The molecule has 0 aliphatic rings. The quantitative estimate of drug-likeness (QED) is 0.498. The molecule has 0 unspecified atom stereocenters. The second kappa shape index (κ2) is 6.84. The molecular formula is C8H16N8S. The lowest BCUT2D eigenvalue weighted by molar-refractivity contribution is 0.540. The van der Waals surface area contributed by atoms with Crippen LogP contribution in [0.2, 0.25) is 0 Å². The Hall–Kier alpha value is -1.64. The number of tetrazole rings is 1. The van der Waals surface area contributed by atoms with E-state index in [9.17, 15) is 0 Å². The zero-order valence-corrected chi connectivity index (χ0v) is 10.4. The topological polar surface area (TPSA) is 132 Å². The molecule has 1 aromatic rings. The molecule has 17 heavy (non-hydrogen) atoms. The highest BCUT2D eigenvalue weighted by Gasteiger charge is 2.07. The number of aliphatic imine (C=N–C) groups is 1. The lowest BCUT2D eigenvalue weighted by atomic mass is 10.3. The molecule has 8 nitrogen and oxygen atoms in total. The summed E-state index contributed by atoms with van der Waals surface area (Å²) in [7, 11) is 0. The van der Waals surface area contributed by atoms with Crippen LogP contribution in [0.1, 0.15) is 25.6 Å². The Balaban J connectivity index is 2.49. The fourth-order valence-corrected chi connectivity index (χ4v) is 1.73. The van der Waals surface area contributed by atoms with E-state index in [1.165, 1.54) is 11.8 Å². The standard InChI is InChI=1S/C8H16N8S/c1-2-3-4-16-6(13-14-15-16)5-17-8(11)12-7(9)10/h2-5H2,1H3,(H5,9,10,11,12). The zero-order valence-electron chi connectivity index (χ0n) is 9.63. The lowest BCUT2D eigenvalue weighted by Gasteiger charge is -2.02. The zero-order chi connectivity index (χ0) is 12.7. The maximum Gasteiger partial charge on any atom is 0.193 e. The first-order valence-electron chi connectivity index (χ1n) is 5.19. The van der Waals surface area contributed by atoms with Gasteiger partial charge in [0.05, 0.1) is 5.75 Å². The van der Waals surface area contributed by atoms with Gasteiger partial charge < -0.3 is 11.5 Å². The summed E-state index contributed by atoms with van der Waals surface area (Å²) in [5.74, 6) is 1.08. The number of unbranched alkanes of at least 4 members (excludes halogenated alkanes) is 1. The first-order chi connectivity index (χ1) is 8.13. The summed E-state index contributed by atoms with van der Waals surface area (Å²) in [6.45, 7) is 2.89. The Morgan fingerprint density at radius 2 is 2.29 bits per heavy atom. The van der Waals surface area contributed by atoms with Crippen molar-refractivity contribution < 1.29 is 0 Å². The first-order valence-corrected chi connectivity index (χ1v) is 6.18. The minimum absolute atomic E-state index is 0.0510. The fraction of sp³-hybridized carbons (Fsp3) is 0.625. The SMILES string of the molecule is CCCCn1nnnc1CSC(=N)N=C(N)N. The molecule has 1 aromatic heterocycles. The number of thioether (sulfide) groups is 1. The van der Waals surface area contributed by atoms with Crippen LogP contribution in [0.3, 0.4) is 0 Å². The molecule has 0 aliphatic heterocycles. The Morgan fingerprint density at radius 1 is 1.53 bits per heavy atom. The van der Waals surface area contributed by atoms with Crippen molar-refractivity contribution in [3.8, 4) is 0 Å². The smallest absolute Gasteiger partial charge is 0.193 e. The Bertz CT molecular complexity index is 394. The number of amidine groups is 1. The highest BCUT2D eigenvalue weighted by Crippen LogP contribution is 2.11. The van der Waals surface area contributed by atoms with Crippen LogP contribution < -0.4 is 11.5 Å². The van der Waals surface area contributed by atoms with E-state index in [-0.39, 0.29) is 11.1 Å². The van der Waals surface area contributed by atoms with Gasteiger partial charge in [0.25, 0.3) is 0 Å². The summed E-state index contributed by atoms with van der Waals surface area (Å²) in [5.41, 5.74) is 10.3. The Morgan fingerprint density at radius 3 is 2.94 bits per heavy atom. The van der Waals surface area contributed by atoms with Crippen LogP contribution >= 0.6 is 11.8 Å². The van der Waals surface area contributed by atoms with Gasteiger partial charge in [-0.05, 0) is 16.8 Å². The number of aryl methyl sites for hydroxylation is 1. The average molecular weight is 256 g/mol. The summed E-state index contributed by atoms with van der Waals surface area (Å²) in [5, 5.41) is 18.9. The van der Waals surface area contributed by atoms with Crippen molar-refractivity contribution in [2.24, 2.45) is 16.5 Å². The Kier molecular flexibility index (Phi) is 5.40. The van der Waals surface area contributed by atoms with E-state index in [0.29, 0.717) is 5.75 Å². The number of nitrogens with one attached hydrogen (secondary N) is 1. The summed E-state index contributed by atoms with van der Waals surface area (Å²) in [6, 6.07) is 0. The van der Waals surface area contributed by atoms with E-state index < -0.39 is 0 Å². The Labute approximate surface area is 103 Å². The first kappa shape index (κ1) is 13.4. The van der Waals surface area contributed by atoms with Crippen molar-refractivity contribution in [2.75, 3.05) is 0 Å². The highest BCUT2D eigenvalue weighted by atomic mass is 32.2. The molecule has 0 amide bonds. The molecule has 94 valence electrons. The van der Waals surface area contributed by atoms with Gasteiger partial charge >= 0.3 is 0 Å². The number of guanidine groups is 1. The molecule has 0 aliphatic carbocycles. The summed E-state index contributed by atoms with van der Waals surface area (Å²) in [6.07, 6.45) is 2.10. The molecular weight excluding hydrogens is 240 g/mol. The van der Waals surface area contributed by atoms with E-state index in [2.05, 4.69) is 27.4 Å². The van der Waals surface area contributed by atoms with Crippen molar-refractivity contribution >= 4 is 22.9 Å². The number of hydrogen-bond donors (Lipinski definition) is 3. The monoisotopic (exact) mass is 256 g/mol. The largest absolute Gasteiger partial charge is 0.370 e. The minimum atomic E-state index is -0.118. The summed E-state index contributed by atoms with van der Waals surface area (Å²) >= 11 is 1.18. The number of nitrogens with two attached hydrogens (primary N) is 2. The lowest BCUT2D eigenvalue weighted by Crippen LogP contribution is -2.23.